The van der Waals surface area contributed by atoms with E-state index in [9.17, 15) is 13.6 Å². The number of nitrogens with two attached hydrogens (primary N) is 1. The lowest BCUT2D eigenvalue weighted by Crippen LogP contribution is -2.15. The molecule has 0 spiro atoms. The summed E-state index contributed by atoms with van der Waals surface area (Å²) in [6.07, 6.45) is 0. The van der Waals surface area contributed by atoms with Crippen LogP contribution in [0.15, 0.2) is 16.6 Å². The Bertz CT molecular complexity index is 359. The minimum atomic E-state index is -0.892. The van der Waals surface area contributed by atoms with E-state index in [1.807, 2.05) is 0 Å². The normalized spacial score (nSPS) is 9.43. The summed E-state index contributed by atoms with van der Waals surface area (Å²) in [7, 11) is 0. The topological polar surface area (TPSA) is 43.1 Å². The van der Waals surface area contributed by atoms with Crippen molar-refractivity contribution in [3.05, 3.63) is 33.8 Å². The fourth-order valence-electron chi connectivity index (χ4n) is 0.846. The summed E-state index contributed by atoms with van der Waals surface area (Å²) in [5.41, 5.74) is 4.84. The Morgan fingerprint density at radius 2 is 1.93 bits per heavy atom. The highest BCUT2D eigenvalue weighted by Crippen LogP contribution is 2.20. The molecule has 6 heteroatoms. The summed E-state index contributed by atoms with van der Waals surface area (Å²) in [6.45, 7) is -0.297. The standard InChI is InChI=1S/C8H6BrF2NO.ClH/c9-5-1-4(8(13)3-12)6(10)2-7(5)11;/h1-2H,3,12H2;1H. The Morgan fingerprint density at radius 1 is 1.36 bits per heavy atom. The van der Waals surface area contributed by atoms with E-state index in [-0.39, 0.29) is 29.0 Å². The third-order valence-corrected chi connectivity index (χ3v) is 2.10. The SMILES string of the molecule is Cl.NCC(=O)c1cc(Br)c(F)cc1F. The van der Waals surface area contributed by atoms with Gasteiger partial charge in [-0.25, -0.2) is 8.78 Å². The van der Waals surface area contributed by atoms with Crippen LogP contribution in [0, 0.1) is 11.6 Å². The van der Waals surface area contributed by atoms with Gasteiger partial charge in [-0.3, -0.25) is 4.79 Å². The smallest absolute Gasteiger partial charge is 0.179 e. The Labute approximate surface area is 94.0 Å². The molecule has 1 rings (SSSR count). The molecule has 0 atom stereocenters. The van der Waals surface area contributed by atoms with Gasteiger partial charge in [0.05, 0.1) is 16.6 Å². The average Bonchev–Trinajstić information content (AvgIpc) is 2.10. The van der Waals surface area contributed by atoms with E-state index < -0.39 is 17.4 Å². The van der Waals surface area contributed by atoms with E-state index in [2.05, 4.69) is 15.9 Å². The highest BCUT2D eigenvalue weighted by molar-refractivity contribution is 9.10. The van der Waals surface area contributed by atoms with Gasteiger partial charge in [-0.2, -0.15) is 0 Å². The van der Waals surface area contributed by atoms with Crippen LogP contribution in [0.5, 0.6) is 0 Å². The van der Waals surface area contributed by atoms with Crippen molar-refractivity contribution in [3.8, 4) is 0 Å². The maximum Gasteiger partial charge on any atom is 0.179 e. The molecule has 0 aromatic heterocycles. The van der Waals surface area contributed by atoms with E-state index in [1.165, 1.54) is 0 Å². The highest BCUT2D eigenvalue weighted by Gasteiger charge is 2.13. The van der Waals surface area contributed by atoms with Gasteiger partial charge in [0.25, 0.3) is 0 Å². The molecule has 0 aliphatic rings. The van der Waals surface area contributed by atoms with E-state index in [0.29, 0.717) is 6.07 Å². The van der Waals surface area contributed by atoms with Crippen LogP contribution < -0.4 is 5.73 Å². The lowest BCUT2D eigenvalue weighted by molar-refractivity contribution is 0.0997. The van der Waals surface area contributed by atoms with Gasteiger partial charge in [0, 0.05) is 6.07 Å². The molecule has 2 nitrogen and oxygen atoms in total. The number of ketones is 1. The second-order valence-corrected chi connectivity index (χ2v) is 3.23. The molecule has 0 unspecified atom stereocenters. The molecule has 0 saturated carbocycles. The minimum absolute atomic E-state index is 0. The van der Waals surface area contributed by atoms with Crippen LogP contribution in [0.3, 0.4) is 0 Å². The molecule has 78 valence electrons. The van der Waals surface area contributed by atoms with Crippen molar-refractivity contribution in [1.29, 1.82) is 0 Å². The Kier molecular flexibility index (Phi) is 5.18. The molecule has 0 amide bonds. The molecule has 0 bridgehead atoms. The van der Waals surface area contributed by atoms with Crippen LogP contribution in [0.2, 0.25) is 0 Å². The van der Waals surface area contributed by atoms with E-state index in [4.69, 9.17) is 5.73 Å². The number of carbonyl (C=O) groups is 1. The number of hydrogen-bond donors (Lipinski definition) is 1. The van der Waals surface area contributed by atoms with Gasteiger partial charge in [0.1, 0.15) is 11.6 Å². The van der Waals surface area contributed by atoms with Crippen LogP contribution in [-0.2, 0) is 0 Å². The minimum Gasteiger partial charge on any atom is -0.324 e. The first-order chi connectivity index (χ1) is 6.06. The van der Waals surface area contributed by atoms with Crippen LogP contribution in [-0.4, -0.2) is 12.3 Å². The van der Waals surface area contributed by atoms with Crippen molar-refractivity contribution in [2.75, 3.05) is 6.54 Å². The van der Waals surface area contributed by atoms with Crippen LogP contribution >= 0.6 is 28.3 Å². The van der Waals surface area contributed by atoms with E-state index in [0.717, 1.165) is 6.07 Å². The number of rotatable bonds is 2. The number of hydrogen-bond acceptors (Lipinski definition) is 2. The zero-order chi connectivity index (χ0) is 10.0. The van der Waals surface area contributed by atoms with E-state index >= 15 is 0 Å². The summed E-state index contributed by atoms with van der Waals surface area (Å²) >= 11 is 2.84. The maximum absolute atomic E-state index is 12.9. The summed E-state index contributed by atoms with van der Waals surface area (Å²) in [4.78, 5) is 11.0. The first-order valence-corrected chi connectivity index (χ1v) is 4.23. The van der Waals surface area contributed by atoms with Crippen LogP contribution in [0.1, 0.15) is 10.4 Å². The molecule has 0 saturated heterocycles. The summed E-state index contributed by atoms with van der Waals surface area (Å²) in [5, 5.41) is 0. The van der Waals surface area contributed by atoms with Gasteiger partial charge >= 0.3 is 0 Å². The predicted octanol–water partition coefficient (Wildman–Crippen LogP) is 2.29. The monoisotopic (exact) mass is 285 g/mol. The second-order valence-electron chi connectivity index (χ2n) is 2.37. The Balaban J connectivity index is 0.00000169. The average molecular weight is 287 g/mol. The zero-order valence-electron chi connectivity index (χ0n) is 6.89. The third kappa shape index (κ3) is 2.73. The highest BCUT2D eigenvalue weighted by atomic mass is 79.9. The molecule has 1 aromatic rings. The molecule has 0 aliphatic heterocycles. The van der Waals surface area contributed by atoms with Crippen molar-refractivity contribution >= 4 is 34.1 Å². The molecule has 2 N–H and O–H groups in total. The quantitative estimate of drug-likeness (QED) is 0.669. The van der Waals surface area contributed by atoms with Crippen LogP contribution in [0.25, 0.3) is 0 Å². The number of carbonyl (C=O) groups excluding carboxylic acids is 1. The first-order valence-electron chi connectivity index (χ1n) is 3.44. The fourth-order valence-corrected chi connectivity index (χ4v) is 1.19. The first kappa shape index (κ1) is 13.5. The molecular weight excluding hydrogens is 279 g/mol. The van der Waals surface area contributed by atoms with Crippen molar-refractivity contribution in [2.24, 2.45) is 5.73 Å². The molecule has 14 heavy (non-hydrogen) atoms. The number of benzene rings is 1. The summed E-state index contributed by atoms with van der Waals surface area (Å²) in [6, 6.07) is 1.73. The van der Waals surface area contributed by atoms with Crippen molar-refractivity contribution in [2.45, 2.75) is 0 Å². The van der Waals surface area contributed by atoms with Gasteiger partial charge in [0.15, 0.2) is 5.78 Å². The van der Waals surface area contributed by atoms with Crippen molar-refractivity contribution in [3.63, 3.8) is 0 Å². The van der Waals surface area contributed by atoms with Gasteiger partial charge < -0.3 is 5.73 Å². The van der Waals surface area contributed by atoms with Gasteiger partial charge in [-0.1, -0.05) is 0 Å². The van der Waals surface area contributed by atoms with Crippen molar-refractivity contribution < 1.29 is 13.6 Å². The van der Waals surface area contributed by atoms with Gasteiger partial charge in [-0.15, -0.1) is 12.4 Å². The lowest BCUT2D eigenvalue weighted by Gasteiger charge is -2.01. The molecule has 1 aromatic carbocycles. The largest absolute Gasteiger partial charge is 0.324 e. The Morgan fingerprint density at radius 3 is 2.43 bits per heavy atom. The number of Topliss-reactive ketones (excluding diaryl/α,β-unsaturated/α-hetero) is 1. The summed E-state index contributed by atoms with van der Waals surface area (Å²) in [5.74, 6) is -2.19. The molecular formula is C8H7BrClF2NO. The Hall–Kier alpha value is -0.520. The molecule has 0 heterocycles. The zero-order valence-corrected chi connectivity index (χ0v) is 9.29. The summed E-state index contributed by atoms with van der Waals surface area (Å²) < 4.78 is 25.7. The lowest BCUT2D eigenvalue weighted by atomic mass is 10.1. The van der Waals surface area contributed by atoms with Crippen LogP contribution in [0.4, 0.5) is 8.78 Å². The van der Waals surface area contributed by atoms with Gasteiger partial charge in [-0.05, 0) is 22.0 Å². The fraction of sp³-hybridized carbons (Fsp3) is 0.125. The van der Waals surface area contributed by atoms with E-state index in [1.54, 1.807) is 0 Å². The molecule has 0 aliphatic carbocycles. The second kappa shape index (κ2) is 5.38. The molecule has 0 radical (unpaired) electrons. The van der Waals surface area contributed by atoms with Crippen molar-refractivity contribution in [1.82, 2.24) is 0 Å². The number of halogens is 4. The third-order valence-electron chi connectivity index (χ3n) is 1.50. The molecule has 0 fully saturated rings. The van der Waals surface area contributed by atoms with Gasteiger partial charge in [0.2, 0.25) is 0 Å². The maximum atomic E-state index is 12.9. The predicted molar refractivity (Wildman–Crippen MR) is 54.7 cm³/mol.